The Hall–Kier alpha value is -1.10. The first kappa shape index (κ1) is 19.7. The van der Waals surface area contributed by atoms with Crippen LogP contribution in [0.5, 0.6) is 0 Å². The molecule has 0 atom stereocenters. The lowest BCUT2D eigenvalue weighted by Gasteiger charge is -2.36. The number of nitrogens with two attached hydrogens (primary N) is 1. The molecular formula is C21H37N3O2. The molecule has 0 unspecified atom stereocenters. The maximum atomic E-state index is 12.7. The van der Waals surface area contributed by atoms with Crippen LogP contribution in [0.2, 0.25) is 0 Å². The lowest BCUT2D eigenvalue weighted by atomic mass is 9.83. The maximum Gasteiger partial charge on any atom is 0.225 e. The van der Waals surface area contributed by atoms with Crippen molar-refractivity contribution in [1.29, 1.82) is 0 Å². The van der Waals surface area contributed by atoms with Gasteiger partial charge in [0.1, 0.15) is 0 Å². The number of likely N-dealkylation sites (tertiary alicyclic amines) is 1. The molecule has 5 nitrogen and oxygen atoms in total. The highest BCUT2D eigenvalue weighted by Crippen LogP contribution is 2.29. The Morgan fingerprint density at radius 2 is 1.50 bits per heavy atom. The first-order chi connectivity index (χ1) is 12.7. The summed E-state index contributed by atoms with van der Waals surface area (Å²) in [6.07, 6.45) is 12.9. The summed E-state index contributed by atoms with van der Waals surface area (Å²) in [7, 11) is 0. The van der Waals surface area contributed by atoms with E-state index in [0.717, 1.165) is 58.2 Å². The third-order valence-electron chi connectivity index (χ3n) is 6.90. The average Bonchev–Trinajstić information content (AvgIpc) is 2.69. The van der Waals surface area contributed by atoms with E-state index in [9.17, 15) is 9.59 Å². The summed E-state index contributed by atoms with van der Waals surface area (Å²) in [5, 5.41) is 3.24. The van der Waals surface area contributed by atoms with Gasteiger partial charge >= 0.3 is 0 Å². The number of hydrogen-bond acceptors (Lipinski definition) is 3. The molecular weight excluding hydrogens is 326 g/mol. The largest absolute Gasteiger partial charge is 0.353 e. The van der Waals surface area contributed by atoms with Gasteiger partial charge in [-0.3, -0.25) is 9.59 Å². The third-order valence-corrected chi connectivity index (χ3v) is 6.90. The molecule has 1 aliphatic heterocycles. The summed E-state index contributed by atoms with van der Waals surface area (Å²) in [6.45, 7) is 2.49. The number of nitrogens with one attached hydrogen (secondary N) is 1. The van der Waals surface area contributed by atoms with Gasteiger partial charge in [-0.1, -0.05) is 19.3 Å². The van der Waals surface area contributed by atoms with E-state index in [-0.39, 0.29) is 17.9 Å². The van der Waals surface area contributed by atoms with Crippen LogP contribution in [0.1, 0.15) is 77.0 Å². The fourth-order valence-electron chi connectivity index (χ4n) is 5.07. The van der Waals surface area contributed by atoms with Gasteiger partial charge in [0.25, 0.3) is 0 Å². The van der Waals surface area contributed by atoms with Crippen molar-refractivity contribution in [2.75, 3.05) is 19.6 Å². The highest BCUT2D eigenvalue weighted by molar-refractivity contribution is 5.79. The Kier molecular flexibility index (Phi) is 7.35. The minimum absolute atomic E-state index is 0.163. The van der Waals surface area contributed by atoms with Gasteiger partial charge in [0.05, 0.1) is 0 Å². The van der Waals surface area contributed by atoms with Crippen LogP contribution in [-0.2, 0) is 9.59 Å². The van der Waals surface area contributed by atoms with Gasteiger partial charge in [0, 0.05) is 31.5 Å². The van der Waals surface area contributed by atoms with Crippen LogP contribution in [-0.4, -0.2) is 42.4 Å². The minimum Gasteiger partial charge on any atom is -0.353 e. The number of piperidine rings is 1. The molecule has 2 aliphatic carbocycles. The van der Waals surface area contributed by atoms with Crippen molar-refractivity contribution in [3.8, 4) is 0 Å². The zero-order chi connectivity index (χ0) is 18.4. The van der Waals surface area contributed by atoms with Crippen LogP contribution < -0.4 is 11.1 Å². The zero-order valence-electron chi connectivity index (χ0n) is 16.3. The second kappa shape index (κ2) is 9.72. The molecule has 2 saturated carbocycles. The third kappa shape index (κ3) is 5.45. The highest BCUT2D eigenvalue weighted by Gasteiger charge is 2.32. The maximum absolute atomic E-state index is 12.7. The van der Waals surface area contributed by atoms with Gasteiger partial charge in [-0.25, -0.2) is 0 Å². The van der Waals surface area contributed by atoms with Crippen molar-refractivity contribution in [3.05, 3.63) is 0 Å². The van der Waals surface area contributed by atoms with E-state index < -0.39 is 0 Å². The Morgan fingerprint density at radius 1 is 0.846 bits per heavy atom. The van der Waals surface area contributed by atoms with E-state index in [1.54, 1.807) is 0 Å². The molecule has 3 N–H and O–H groups in total. The summed E-state index contributed by atoms with van der Waals surface area (Å²) >= 11 is 0. The summed E-state index contributed by atoms with van der Waals surface area (Å²) in [5.41, 5.74) is 5.74. The molecule has 1 heterocycles. The van der Waals surface area contributed by atoms with Crippen molar-refractivity contribution < 1.29 is 9.59 Å². The monoisotopic (exact) mass is 363 g/mol. The quantitative estimate of drug-likeness (QED) is 0.789. The van der Waals surface area contributed by atoms with Crippen molar-refractivity contribution in [3.63, 3.8) is 0 Å². The van der Waals surface area contributed by atoms with E-state index in [1.165, 1.54) is 32.1 Å². The SMILES string of the molecule is NCC1CCN(C(=O)C2CCC(NC(=O)CC3CCCCC3)CC2)CC1. The second-order valence-corrected chi connectivity index (χ2v) is 8.83. The van der Waals surface area contributed by atoms with Gasteiger partial charge in [-0.05, 0) is 69.7 Å². The topological polar surface area (TPSA) is 75.4 Å². The molecule has 0 aromatic carbocycles. The summed E-state index contributed by atoms with van der Waals surface area (Å²) in [4.78, 5) is 27.1. The minimum atomic E-state index is 0.163. The van der Waals surface area contributed by atoms with Crippen molar-refractivity contribution >= 4 is 11.8 Å². The Morgan fingerprint density at radius 3 is 2.12 bits per heavy atom. The molecule has 5 heteroatoms. The summed E-state index contributed by atoms with van der Waals surface area (Å²) in [5.74, 6) is 1.92. The lowest BCUT2D eigenvalue weighted by molar-refractivity contribution is -0.138. The highest BCUT2D eigenvalue weighted by atomic mass is 16.2. The Labute approximate surface area is 158 Å². The van der Waals surface area contributed by atoms with E-state index in [1.807, 2.05) is 0 Å². The molecule has 0 radical (unpaired) electrons. The van der Waals surface area contributed by atoms with Crippen LogP contribution in [0.4, 0.5) is 0 Å². The first-order valence-corrected chi connectivity index (χ1v) is 10.9. The van der Waals surface area contributed by atoms with Crippen LogP contribution in [0.15, 0.2) is 0 Å². The van der Waals surface area contributed by atoms with Crippen molar-refractivity contribution in [1.82, 2.24) is 10.2 Å². The molecule has 0 aromatic rings. The van der Waals surface area contributed by atoms with E-state index in [4.69, 9.17) is 5.73 Å². The second-order valence-electron chi connectivity index (χ2n) is 8.83. The molecule has 0 bridgehead atoms. The molecule has 0 spiro atoms. The van der Waals surface area contributed by atoms with Gasteiger partial charge in [-0.2, -0.15) is 0 Å². The molecule has 2 amide bonds. The first-order valence-electron chi connectivity index (χ1n) is 10.9. The predicted molar refractivity (Wildman–Crippen MR) is 103 cm³/mol. The van der Waals surface area contributed by atoms with E-state index in [2.05, 4.69) is 10.2 Å². The normalized spacial score (nSPS) is 28.7. The van der Waals surface area contributed by atoms with Crippen LogP contribution in [0, 0.1) is 17.8 Å². The number of rotatable bonds is 5. The van der Waals surface area contributed by atoms with Crippen LogP contribution in [0.3, 0.4) is 0 Å². The number of carbonyl (C=O) groups excluding carboxylic acids is 2. The van der Waals surface area contributed by atoms with Crippen molar-refractivity contribution in [2.24, 2.45) is 23.5 Å². The van der Waals surface area contributed by atoms with Gasteiger partial charge in [0.2, 0.25) is 11.8 Å². The van der Waals surface area contributed by atoms with Crippen molar-refractivity contribution in [2.45, 2.75) is 83.1 Å². The van der Waals surface area contributed by atoms with Crippen LogP contribution in [0.25, 0.3) is 0 Å². The number of carbonyl (C=O) groups is 2. The lowest BCUT2D eigenvalue weighted by Crippen LogP contribution is -2.45. The number of hydrogen-bond donors (Lipinski definition) is 2. The number of nitrogens with zero attached hydrogens (tertiary/aromatic N) is 1. The molecule has 0 aromatic heterocycles. The molecule has 3 rings (SSSR count). The smallest absolute Gasteiger partial charge is 0.225 e. The van der Waals surface area contributed by atoms with Gasteiger partial charge in [-0.15, -0.1) is 0 Å². The van der Waals surface area contributed by atoms with Gasteiger partial charge < -0.3 is 16.0 Å². The fourth-order valence-corrected chi connectivity index (χ4v) is 5.07. The Balaban J connectivity index is 1.35. The van der Waals surface area contributed by atoms with E-state index >= 15 is 0 Å². The zero-order valence-corrected chi connectivity index (χ0v) is 16.3. The summed E-state index contributed by atoms with van der Waals surface area (Å²) in [6, 6.07) is 0.276. The summed E-state index contributed by atoms with van der Waals surface area (Å²) < 4.78 is 0. The molecule has 3 aliphatic rings. The predicted octanol–water partition coefficient (Wildman–Crippen LogP) is 2.83. The molecule has 148 valence electrons. The molecule has 1 saturated heterocycles. The molecule has 26 heavy (non-hydrogen) atoms. The van der Waals surface area contributed by atoms with Crippen LogP contribution >= 0.6 is 0 Å². The van der Waals surface area contributed by atoms with E-state index in [0.29, 0.717) is 24.2 Å². The molecule has 3 fully saturated rings. The van der Waals surface area contributed by atoms with Gasteiger partial charge in [0.15, 0.2) is 0 Å². The number of amides is 2. The average molecular weight is 364 g/mol. The fraction of sp³-hybridized carbons (Fsp3) is 0.905. The standard InChI is InChI=1S/C21H37N3O2/c22-15-17-10-12-24(13-11-17)21(26)18-6-8-19(9-7-18)23-20(25)14-16-4-2-1-3-5-16/h16-19H,1-15,22H2,(H,23,25). The Bertz CT molecular complexity index is 460.